The number of nitrogens with one attached hydrogen (secondary N) is 1. The quantitative estimate of drug-likeness (QED) is 0.466. The number of anilines is 1. The van der Waals surface area contributed by atoms with E-state index in [9.17, 15) is 4.79 Å². The van der Waals surface area contributed by atoms with Gasteiger partial charge in [0.2, 0.25) is 0 Å². The number of piperazine rings is 1. The Labute approximate surface area is 213 Å². The van der Waals surface area contributed by atoms with Crippen molar-refractivity contribution in [1.29, 1.82) is 0 Å². The lowest BCUT2D eigenvalue weighted by Gasteiger charge is -2.36. The Morgan fingerprint density at radius 1 is 1.03 bits per heavy atom. The van der Waals surface area contributed by atoms with Crippen LogP contribution in [-0.4, -0.2) is 68.2 Å². The predicted octanol–water partition coefficient (Wildman–Crippen LogP) is 4.96. The maximum absolute atomic E-state index is 12.1. The molecule has 7 heteroatoms. The Balaban J connectivity index is 1.05. The van der Waals surface area contributed by atoms with Crippen LogP contribution in [0, 0.1) is 6.92 Å². The number of carbonyl (C=O) groups excluding carboxylic acids is 1. The van der Waals surface area contributed by atoms with Crippen molar-refractivity contribution in [3.63, 3.8) is 0 Å². The SMILES string of the molecule is Cc1cccc(N2CCN(CCCCNC(=O)COc3ccc(C4SCCCS4)cc3)CC2)c1. The number of hydrogen-bond donors (Lipinski definition) is 1. The van der Waals surface area contributed by atoms with E-state index in [2.05, 4.69) is 58.4 Å². The molecular weight excluding hydrogens is 462 g/mol. The lowest BCUT2D eigenvalue weighted by molar-refractivity contribution is -0.123. The average molecular weight is 500 g/mol. The predicted molar refractivity (Wildman–Crippen MR) is 146 cm³/mol. The molecule has 4 rings (SSSR count). The molecule has 0 spiro atoms. The first-order valence-corrected chi connectivity index (χ1v) is 14.5. The minimum Gasteiger partial charge on any atom is -0.484 e. The van der Waals surface area contributed by atoms with Crippen LogP contribution >= 0.6 is 23.5 Å². The Morgan fingerprint density at radius 3 is 2.53 bits per heavy atom. The topological polar surface area (TPSA) is 44.8 Å². The van der Waals surface area contributed by atoms with Crippen LogP contribution in [0.5, 0.6) is 5.75 Å². The first-order chi connectivity index (χ1) is 16.7. The van der Waals surface area contributed by atoms with E-state index in [1.165, 1.54) is 34.7 Å². The van der Waals surface area contributed by atoms with E-state index in [0.29, 0.717) is 11.1 Å². The molecule has 2 saturated heterocycles. The first-order valence-electron chi connectivity index (χ1n) is 12.4. The van der Waals surface area contributed by atoms with Crippen molar-refractivity contribution in [2.45, 2.75) is 30.8 Å². The Kier molecular flexibility index (Phi) is 9.89. The van der Waals surface area contributed by atoms with Crippen molar-refractivity contribution in [1.82, 2.24) is 10.2 Å². The lowest BCUT2D eigenvalue weighted by Crippen LogP contribution is -2.46. The smallest absolute Gasteiger partial charge is 0.257 e. The number of rotatable bonds is 10. The molecule has 2 aliphatic heterocycles. The van der Waals surface area contributed by atoms with Crippen LogP contribution in [0.3, 0.4) is 0 Å². The fraction of sp³-hybridized carbons (Fsp3) is 0.519. The zero-order chi connectivity index (χ0) is 23.6. The number of unbranched alkanes of at least 4 members (excludes halogenated alkanes) is 1. The summed E-state index contributed by atoms with van der Waals surface area (Å²) in [5, 5.41) is 2.99. The van der Waals surface area contributed by atoms with Crippen LogP contribution in [0.4, 0.5) is 5.69 Å². The molecule has 0 radical (unpaired) electrons. The second-order valence-corrected chi connectivity index (χ2v) is 11.7. The van der Waals surface area contributed by atoms with Crippen molar-refractivity contribution in [3.8, 4) is 5.75 Å². The summed E-state index contributed by atoms with van der Waals surface area (Å²) in [5.41, 5.74) is 3.99. The summed E-state index contributed by atoms with van der Waals surface area (Å²) in [6.45, 7) is 8.40. The van der Waals surface area contributed by atoms with Crippen LogP contribution in [0.15, 0.2) is 48.5 Å². The van der Waals surface area contributed by atoms with Crippen LogP contribution in [0.1, 0.15) is 35.0 Å². The van der Waals surface area contributed by atoms with Gasteiger partial charge in [0.05, 0.1) is 4.58 Å². The molecule has 2 aliphatic rings. The summed E-state index contributed by atoms with van der Waals surface area (Å²) in [7, 11) is 0. The van der Waals surface area contributed by atoms with Gasteiger partial charge in [-0.2, -0.15) is 0 Å². The van der Waals surface area contributed by atoms with Gasteiger partial charge in [-0.3, -0.25) is 9.69 Å². The van der Waals surface area contributed by atoms with E-state index in [1.807, 2.05) is 35.7 Å². The molecule has 0 aromatic heterocycles. The Bertz CT molecular complexity index is 895. The molecule has 1 amide bonds. The highest BCUT2D eigenvalue weighted by atomic mass is 32.2. The molecule has 0 saturated carbocycles. The summed E-state index contributed by atoms with van der Waals surface area (Å²) in [6, 6.07) is 17.0. The minimum absolute atomic E-state index is 0.0470. The van der Waals surface area contributed by atoms with Gasteiger partial charge in [0.1, 0.15) is 5.75 Å². The third-order valence-corrected chi connectivity index (χ3v) is 9.33. The monoisotopic (exact) mass is 499 g/mol. The molecule has 2 aromatic rings. The number of carbonyl (C=O) groups is 1. The summed E-state index contributed by atoms with van der Waals surface area (Å²) in [5.74, 6) is 3.19. The molecule has 0 unspecified atom stereocenters. The van der Waals surface area contributed by atoms with Crippen molar-refractivity contribution in [2.75, 3.05) is 62.3 Å². The fourth-order valence-electron chi connectivity index (χ4n) is 4.34. The highest BCUT2D eigenvalue weighted by Gasteiger charge is 2.17. The molecule has 1 N–H and O–H groups in total. The maximum Gasteiger partial charge on any atom is 0.257 e. The van der Waals surface area contributed by atoms with Crippen molar-refractivity contribution < 1.29 is 9.53 Å². The second-order valence-electron chi connectivity index (χ2n) is 9.01. The number of benzene rings is 2. The van der Waals surface area contributed by atoms with E-state index >= 15 is 0 Å². The molecule has 2 heterocycles. The Morgan fingerprint density at radius 2 is 1.79 bits per heavy atom. The number of nitrogens with zero attached hydrogens (tertiary/aromatic N) is 2. The summed E-state index contributed by atoms with van der Waals surface area (Å²) < 4.78 is 6.21. The van der Waals surface area contributed by atoms with Crippen molar-refractivity contribution >= 4 is 35.1 Å². The van der Waals surface area contributed by atoms with Crippen molar-refractivity contribution in [3.05, 3.63) is 59.7 Å². The van der Waals surface area contributed by atoms with E-state index < -0.39 is 0 Å². The van der Waals surface area contributed by atoms with Crippen LogP contribution in [0.25, 0.3) is 0 Å². The highest BCUT2D eigenvalue weighted by molar-refractivity contribution is 8.16. The van der Waals surface area contributed by atoms with E-state index in [1.54, 1.807) is 0 Å². The van der Waals surface area contributed by atoms with Gasteiger partial charge >= 0.3 is 0 Å². The largest absolute Gasteiger partial charge is 0.484 e. The number of aryl methyl sites for hydroxylation is 1. The third-order valence-electron chi connectivity index (χ3n) is 6.31. The van der Waals surface area contributed by atoms with Gasteiger partial charge in [-0.1, -0.05) is 24.3 Å². The minimum atomic E-state index is -0.0470. The maximum atomic E-state index is 12.1. The molecule has 0 atom stereocenters. The molecule has 5 nitrogen and oxygen atoms in total. The van der Waals surface area contributed by atoms with Gasteiger partial charge in [0.15, 0.2) is 6.61 Å². The third kappa shape index (κ3) is 7.85. The lowest BCUT2D eigenvalue weighted by atomic mass is 10.2. The van der Waals surface area contributed by atoms with Crippen LogP contribution in [0.2, 0.25) is 0 Å². The fourth-order valence-corrected chi connectivity index (χ4v) is 7.24. The van der Waals surface area contributed by atoms with Gasteiger partial charge in [0.25, 0.3) is 5.91 Å². The van der Waals surface area contributed by atoms with Gasteiger partial charge in [-0.15, -0.1) is 23.5 Å². The Hall–Kier alpha value is -1.83. The summed E-state index contributed by atoms with van der Waals surface area (Å²) in [4.78, 5) is 17.1. The standard InChI is InChI=1S/C27H37N3O2S2/c1-22-6-4-7-24(20-22)30-16-14-29(15-17-30)13-3-2-12-28-26(31)21-32-25-10-8-23(9-11-25)27-33-18-5-19-34-27/h4,6-11,20,27H,2-3,5,12-19,21H2,1H3,(H,28,31). The second kappa shape index (κ2) is 13.3. The van der Waals surface area contributed by atoms with Crippen LogP contribution < -0.4 is 15.0 Å². The van der Waals surface area contributed by atoms with Gasteiger partial charge in [-0.05, 0) is 79.6 Å². The van der Waals surface area contributed by atoms with Gasteiger partial charge in [0, 0.05) is 38.4 Å². The van der Waals surface area contributed by atoms with Gasteiger partial charge < -0.3 is 15.0 Å². The average Bonchev–Trinajstić information content (AvgIpc) is 2.88. The van der Waals surface area contributed by atoms with E-state index in [-0.39, 0.29) is 12.5 Å². The van der Waals surface area contributed by atoms with E-state index in [4.69, 9.17) is 4.74 Å². The summed E-state index contributed by atoms with van der Waals surface area (Å²) in [6.07, 6.45) is 3.40. The first kappa shape index (κ1) is 25.3. The normalized spacial score (nSPS) is 17.5. The van der Waals surface area contributed by atoms with Crippen molar-refractivity contribution in [2.24, 2.45) is 0 Å². The molecular formula is C27H37N3O2S2. The van der Waals surface area contributed by atoms with E-state index in [0.717, 1.165) is 51.3 Å². The molecule has 184 valence electrons. The van der Waals surface area contributed by atoms with Gasteiger partial charge in [-0.25, -0.2) is 0 Å². The molecule has 0 bridgehead atoms. The zero-order valence-electron chi connectivity index (χ0n) is 20.2. The molecule has 2 fully saturated rings. The number of ether oxygens (including phenoxy) is 1. The molecule has 34 heavy (non-hydrogen) atoms. The molecule has 2 aromatic carbocycles. The summed E-state index contributed by atoms with van der Waals surface area (Å²) >= 11 is 4.03. The van der Waals surface area contributed by atoms with Crippen LogP contribution in [-0.2, 0) is 4.79 Å². The zero-order valence-corrected chi connectivity index (χ0v) is 21.8. The number of thioether (sulfide) groups is 2. The number of hydrogen-bond acceptors (Lipinski definition) is 6. The highest BCUT2D eigenvalue weighted by Crippen LogP contribution is 2.43. The number of amides is 1. The molecule has 0 aliphatic carbocycles.